The summed E-state index contributed by atoms with van der Waals surface area (Å²) < 4.78 is 31.3. The quantitative estimate of drug-likeness (QED) is 0.569. The molecule has 0 radical (unpaired) electrons. The second kappa shape index (κ2) is 7.27. The minimum Gasteiger partial charge on any atom is -0.374 e. The van der Waals surface area contributed by atoms with Crippen molar-refractivity contribution in [2.75, 3.05) is 52.6 Å². The number of likely N-dealkylation sites (N-methyl/N-ethyl adjacent to an activating group) is 1. The summed E-state index contributed by atoms with van der Waals surface area (Å²) in [7, 11) is 0.663. The second-order valence-corrected chi connectivity index (χ2v) is 6.31. The van der Waals surface area contributed by atoms with Gasteiger partial charge in [-0.2, -0.15) is 0 Å². The van der Waals surface area contributed by atoms with Crippen molar-refractivity contribution in [1.29, 1.82) is 0 Å². The minimum absolute atomic E-state index is 0.0344. The summed E-state index contributed by atoms with van der Waals surface area (Å²) in [4.78, 5) is 2.14. The summed E-state index contributed by atoms with van der Waals surface area (Å²) in [6, 6.07) is 0. The molecule has 0 aromatic carbocycles. The van der Waals surface area contributed by atoms with Gasteiger partial charge < -0.3 is 15.0 Å². The van der Waals surface area contributed by atoms with Crippen molar-refractivity contribution < 1.29 is 13.2 Å². The van der Waals surface area contributed by atoms with Gasteiger partial charge in [0.1, 0.15) is 0 Å². The third-order valence-corrected chi connectivity index (χ3v) is 4.15. The van der Waals surface area contributed by atoms with Gasteiger partial charge in [0.15, 0.2) is 0 Å². The number of rotatable bonds is 7. The number of ether oxygens (including phenoxy) is 1. The van der Waals surface area contributed by atoms with Gasteiger partial charge in [-0.3, -0.25) is 0 Å². The smallest absolute Gasteiger partial charge is 0.211 e. The number of hydrogen-bond donors (Lipinski definition) is 2. The molecule has 2 N–H and O–H groups in total. The maximum atomic E-state index is 11.6. The molecule has 1 atom stereocenters. The monoisotopic (exact) mass is 265 g/mol. The molecule has 0 saturated carbocycles. The highest BCUT2D eigenvalue weighted by Gasteiger charge is 2.19. The number of hydrogen-bond acceptors (Lipinski definition) is 5. The summed E-state index contributed by atoms with van der Waals surface area (Å²) in [6.45, 7) is 3.43. The summed E-state index contributed by atoms with van der Waals surface area (Å²) in [6.07, 6.45) is 0.588. The van der Waals surface area contributed by atoms with E-state index in [9.17, 15) is 8.42 Å². The van der Waals surface area contributed by atoms with E-state index in [1.165, 1.54) is 0 Å². The third kappa shape index (κ3) is 6.32. The van der Waals surface area contributed by atoms with Crippen molar-refractivity contribution in [3.63, 3.8) is 0 Å². The summed E-state index contributed by atoms with van der Waals surface area (Å²) in [5.41, 5.74) is 0. The average Bonchev–Trinajstić information content (AvgIpc) is 2.27. The van der Waals surface area contributed by atoms with Crippen LogP contribution in [0.3, 0.4) is 0 Å². The van der Waals surface area contributed by atoms with Gasteiger partial charge in [-0.05, 0) is 27.1 Å². The predicted molar refractivity (Wildman–Crippen MR) is 67.6 cm³/mol. The highest BCUT2D eigenvalue weighted by molar-refractivity contribution is 7.89. The zero-order valence-electron chi connectivity index (χ0n) is 10.6. The Kier molecular flexibility index (Phi) is 6.35. The first-order valence-corrected chi connectivity index (χ1v) is 7.61. The van der Waals surface area contributed by atoms with E-state index >= 15 is 0 Å². The number of nitrogens with one attached hydrogen (secondary N) is 2. The highest BCUT2D eigenvalue weighted by atomic mass is 32.2. The van der Waals surface area contributed by atoms with Crippen molar-refractivity contribution in [2.45, 2.75) is 12.5 Å². The van der Waals surface area contributed by atoms with Crippen molar-refractivity contribution in [2.24, 2.45) is 0 Å². The Morgan fingerprint density at radius 2 is 2.24 bits per heavy atom. The van der Waals surface area contributed by atoms with Gasteiger partial charge in [0.2, 0.25) is 10.0 Å². The van der Waals surface area contributed by atoms with E-state index in [1.807, 2.05) is 14.1 Å². The van der Waals surface area contributed by atoms with Gasteiger partial charge in [-0.1, -0.05) is 0 Å². The number of sulfonamides is 1. The zero-order valence-corrected chi connectivity index (χ0v) is 11.4. The van der Waals surface area contributed by atoms with Crippen LogP contribution in [0.4, 0.5) is 0 Å². The molecular weight excluding hydrogens is 242 g/mol. The van der Waals surface area contributed by atoms with Crippen LogP contribution >= 0.6 is 0 Å². The molecule has 1 rings (SSSR count). The lowest BCUT2D eigenvalue weighted by Gasteiger charge is -2.30. The standard InChI is InChI=1S/C10H23N3O3S/c1-11-4-3-7-17(14,15)12-8-10-9-13(2)5-6-16-10/h10-12H,3-9H2,1-2H3. The van der Waals surface area contributed by atoms with E-state index in [0.29, 0.717) is 26.1 Å². The Morgan fingerprint density at radius 3 is 2.88 bits per heavy atom. The van der Waals surface area contributed by atoms with E-state index < -0.39 is 10.0 Å². The number of nitrogens with zero attached hydrogens (tertiary/aromatic N) is 1. The highest BCUT2D eigenvalue weighted by Crippen LogP contribution is 2.02. The molecule has 1 aliphatic heterocycles. The van der Waals surface area contributed by atoms with Crippen LogP contribution in [0.1, 0.15) is 6.42 Å². The van der Waals surface area contributed by atoms with Crippen LogP contribution in [0.25, 0.3) is 0 Å². The molecule has 1 unspecified atom stereocenters. The molecule has 1 fully saturated rings. The average molecular weight is 265 g/mol. The van der Waals surface area contributed by atoms with Gasteiger partial charge in [-0.15, -0.1) is 0 Å². The normalized spacial score (nSPS) is 22.8. The van der Waals surface area contributed by atoms with Gasteiger partial charge in [-0.25, -0.2) is 13.1 Å². The number of morpholine rings is 1. The topological polar surface area (TPSA) is 70.7 Å². The first-order valence-electron chi connectivity index (χ1n) is 5.95. The van der Waals surface area contributed by atoms with Crippen molar-refractivity contribution in [3.05, 3.63) is 0 Å². The molecular formula is C10H23N3O3S. The fourth-order valence-electron chi connectivity index (χ4n) is 1.72. The van der Waals surface area contributed by atoms with Crippen LogP contribution in [0.15, 0.2) is 0 Å². The SMILES string of the molecule is CNCCCS(=O)(=O)NCC1CN(C)CCO1. The minimum atomic E-state index is -3.16. The van der Waals surface area contributed by atoms with Crippen LogP contribution < -0.4 is 10.0 Å². The van der Waals surface area contributed by atoms with Crippen molar-refractivity contribution in [1.82, 2.24) is 14.9 Å². The first kappa shape index (κ1) is 14.8. The third-order valence-electron chi connectivity index (χ3n) is 2.71. The van der Waals surface area contributed by atoms with E-state index in [1.54, 1.807) is 0 Å². The van der Waals surface area contributed by atoms with Crippen LogP contribution in [0.2, 0.25) is 0 Å². The molecule has 1 aliphatic rings. The molecule has 0 amide bonds. The van der Waals surface area contributed by atoms with Crippen LogP contribution in [0, 0.1) is 0 Å². The molecule has 0 spiro atoms. The lowest BCUT2D eigenvalue weighted by atomic mass is 10.3. The van der Waals surface area contributed by atoms with Crippen molar-refractivity contribution >= 4 is 10.0 Å². The van der Waals surface area contributed by atoms with Crippen LogP contribution in [-0.2, 0) is 14.8 Å². The molecule has 0 aliphatic carbocycles. The van der Waals surface area contributed by atoms with Gasteiger partial charge >= 0.3 is 0 Å². The van der Waals surface area contributed by atoms with Gasteiger partial charge in [0.05, 0.1) is 18.5 Å². The molecule has 0 aromatic rings. The molecule has 0 bridgehead atoms. The molecule has 1 saturated heterocycles. The Balaban J connectivity index is 2.23. The fraction of sp³-hybridized carbons (Fsp3) is 1.00. The van der Waals surface area contributed by atoms with E-state index in [2.05, 4.69) is 14.9 Å². The van der Waals surface area contributed by atoms with E-state index in [0.717, 1.165) is 13.1 Å². The van der Waals surface area contributed by atoms with Crippen molar-refractivity contribution in [3.8, 4) is 0 Å². The lowest BCUT2D eigenvalue weighted by molar-refractivity contribution is -0.0156. The molecule has 102 valence electrons. The first-order chi connectivity index (χ1) is 8.03. The van der Waals surface area contributed by atoms with Crippen LogP contribution in [-0.4, -0.2) is 72.1 Å². The predicted octanol–water partition coefficient (Wildman–Crippen LogP) is -1.15. The van der Waals surface area contributed by atoms with Gasteiger partial charge in [0.25, 0.3) is 0 Å². The Hall–Kier alpha value is -0.210. The van der Waals surface area contributed by atoms with E-state index in [4.69, 9.17) is 4.74 Å². The fourth-order valence-corrected chi connectivity index (χ4v) is 2.83. The summed E-state index contributed by atoms with van der Waals surface area (Å²) in [5, 5.41) is 2.93. The Bertz CT molecular complexity index is 308. The lowest BCUT2D eigenvalue weighted by Crippen LogP contribution is -2.46. The molecule has 0 aromatic heterocycles. The second-order valence-electron chi connectivity index (χ2n) is 4.38. The maximum Gasteiger partial charge on any atom is 0.211 e. The molecule has 1 heterocycles. The summed E-state index contributed by atoms with van der Waals surface area (Å²) in [5.74, 6) is 0.163. The molecule has 7 heteroatoms. The maximum absolute atomic E-state index is 11.6. The largest absolute Gasteiger partial charge is 0.374 e. The van der Waals surface area contributed by atoms with Gasteiger partial charge in [0, 0.05) is 19.6 Å². The summed E-state index contributed by atoms with van der Waals surface area (Å²) >= 11 is 0. The van der Waals surface area contributed by atoms with E-state index in [-0.39, 0.29) is 11.9 Å². The molecule has 17 heavy (non-hydrogen) atoms. The van der Waals surface area contributed by atoms with Crippen LogP contribution in [0.5, 0.6) is 0 Å². The zero-order chi connectivity index (χ0) is 12.7. The Labute approximate surface area is 104 Å². The Morgan fingerprint density at radius 1 is 1.47 bits per heavy atom. The molecule has 6 nitrogen and oxygen atoms in total.